The van der Waals surface area contributed by atoms with E-state index in [1.807, 2.05) is 0 Å². The molecule has 0 radical (unpaired) electrons. The van der Waals surface area contributed by atoms with Gasteiger partial charge in [0.15, 0.2) is 0 Å². The van der Waals surface area contributed by atoms with Crippen LogP contribution in [0.5, 0.6) is 0 Å². The van der Waals surface area contributed by atoms with Crippen molar-refractivity contribution in [3.05, 3.63) is 71.8 Å². The molecule has 1 heterocycles. The highest BCUT2D eigenvalue weighted by atomic mass is 15.2. The van der Waals surface area contributed by atoms with Crippen molar-refractivity contribution < 1.29 is 0 Å². The van der Waals surface area contributed by atoms with Gasteiger partial charge in [-0.1, -0.05) is 67.6 Å². The molecular weight excluding hydrogens is 256 g/mol. The summed E-state index contributed by atoms with van der Waals surface area (Å²) in [5.74, 6) is 0. The summed E-state index contributed by atoms with van der Waals surface area (Å²) in [5.41, 5.74) is 2.80. The van der Waals surface area contributed by atoms with Crippen molar-refractivity contribution in [2.24, 2.45) is 0 Å². The number of hydrogen-bond donors (Lipinski definition) is 1. The standard InChI is InChI=1S/C19H24N2/c1-2-18-13-20-19(17-11-7-4-8-12-17)15-21(18)14-16-9-5-3-6-10-16/h3-12,18-20H,2,13-15H2,1H3. The van der Waals surface area contributed by atoms with Gasteiger partial charge in [-0.2, -0.15) is 0 Å². The van der Waals surface area contributed by atoms with Crippen molar-refractivity contribution in [1.29, 1.82) is 0 Å². The largest absolute Gasteiger partial charge is 0.307 e. The minimum atomic E-state index is 0.442. The fraction of sp³-hybridized carbons (Fsp3) is 0.368. The topological polar surface area (TPSA) is 15.3 Å². The van der Waals surface area contributed by atoms with Gasteiger partial charge in [0.05, 0.1) is 0 Å². The van der Waals surface area contributed by atoms with Crippen LogP contribution in [0.3, 0.4) is 0 Å². The van der Waals surface area contributed by atoms with Gasteiger partial charge in [-0.25, -0.2) is 0 Å². The Kier molecular flexibility index (Phi) is 4.69. The lowest BCUT2D eigenvalue weighted by Gasteiger charge is -2.40. The van der Waals surface area contributed by atoms with Gasteiger partial charge in [0.25, 0.3) is 0 Å². The first-order valence-corrected chi connectivity index (χ1v) is 7.93. The summed E-state index contributed by atoms with van der Waals surface area (Å²) in [7, 11) is 0. The molecule has 0 saturated carbocycles. The van der Waals surface area contributed by atoms with Crippen molar-refractivity contribution in [2.75, 3.05) is 13.1 Å². The Morgan fingerprint density at radius 2 is 1.67 bits per heavy atom. The molecule has 2 aromatic carbocycles. The van der Waals surface area contributed by atoms with E-state index in [9.17, 15) is 0 Å². The highest BCUT2D eigenvalue weighted by Crippen LogP contribution is 2.22. The van der Waals surface area contributed by atoms with Crippen molar-refractivity contribution >= 4 is 0 Å². The summed E-state index contributed by atoms with van der Waals surface area (Å²) in [6.07, 6.45) is 1.20. The van der Waals surface area contributed by atoms with Crippen molar-refractivity contribution in [1.82, 2.24) is 10.2 Å². The second-order valence-corrected chi connectivity index (χ2v) is 5.85. The number of piperazine rings is 1. The normalized spacial score (nSPS) is 23.1. The summed E-state index contributed by atoms with van der Waals surface area (Å²) in [6.45, 7) is 5.48. The molecule has 2 unspecified atom stereocenters. The zero-order valence-corrected chi connectivity index (χ0v) is 12.7. The Hall–Kier alpha value is -1.64. The van der Waals surface area contributed by atoms with E-state index in [2.05, 4.69) is 77.8 Å². The highest BCUT2D eigenvalue weighted by molar-refractivity contribution is 5.21. The van der Waals surface area contributed by atoms with Crippen molar-refractivity contribution in [3.63, 3.8) is 0 Å². The Balaban J connectivity index is 1.73. The molecule has 0 amide bonds. The lowest BCUT2D eigenvalue weighted by Crippen LogP contribution is -2.51. The smallest absolute Gasteiger partial charge is 0.0450 e. The summed E-state index contributed by atoms with van der Waals surface area (Å²) in [4.78, 5) is 2.63. The molecule has 0 aliphatic carbocycles. The second kappa shape index (κ2) is 6.88. The van der Waals surface area contributed by atoms with Crippen LogP contribution in [0.15, 0.2) is 60.7 Å². The molecule has 1 saturated heterocycles. The third-order valence-electron chi connectivity index (χ3n) is 4.44. The van der Waals surface area contributed by atoms with Gasteiger partial charge in [-0.3, -0.25) is 4.90 Å². The quantitative estimate of drug-likeness (QED) is 0.920. The zero-order valence-electron chi connectivity index (χ0n) is 12.7. The lowest BCUT2D eigenvalue weighted by molar-refractivity contribution is 0.119. The third-order valence-corrected chi connectivity index (χ3v) is 4.44. The van der Waals surface area contributed by atoms with E-state index in [1.54, 1.807) is 0 Å². The molecule has 2 heteroatoms. The van der Waals surface area contributed by atoms with Gasteiger partial charge in [0.1, 0.15) is 0 Å². The average molecular weight is 280 g/mol. The molecule has 0 bridgehead atoms. The first-order chi connectivity index (χ1) is 10.4. The maximum atomic E-state index is 3.71. The molecule has 1 fully saturated rings. The Morgan fingerprint density at radius 1 is 1.00 bits per heavy atom. The third kappa shape index (κ3) is 3.52. The van der Waals surface area contributed by atoms with Crippen molar-refractivity contribution in [3.8, 4) is 0 Å². The van der Waals surface area contributed by atoms with Crippen LogP contribution in [-0.2, 0) is 6.54 Å². The molecule has 0 aromatic heterocycles. The zero-order chi connectivity index (χ0) is 14.5. The summed E-state index contributed by atoms with van der Waals surface area (Å²) >= 11 is 0. The molecule has 2 aromatic rings. The minimum absolute atomic E-state index is 0.442. The van der Waals surface area contributed by atoms with Gasteiger partial charge in [0.2, 0.25) is 0 Å². The monoisotopic (exact) mass is 280 g/mol. The molecule has 3 rings (SSSR count). The highest BCUT2D eigenvalue weighted by Gasteiger charge is 2.27. The molecular formula is C19H24N2. The van der Waals surface area contributed by atoms with Crippen LogP contribution in [-0.4, -0.2) is 24.0 Å². The number of rotatable bonds is 4. The number of nitrogens with zero attached hydrogens (tertiary/aromatic N) is 1. The molecule has 1 aliphatic rings. The van der Waals surface area contributed by atoms with E-state index >= 15 is 0 Å². The predicted octanol–water partition coefficient (Wildman–Crippen LogP) is 3.61. The maximum Gasteiger partial charge on any atom is 0.0450 e. The predicted molar refractivity (Wildman–Crippen MR) is 88.1 cm³/mol. The molecule has 1 N–H and O–H groups in total. The van der Waals surface area contributed by atoms with Crippen LogP contribution < -0.4 is 5.32 Å². The molecule has 0 spiro atoms. The van der Waals surface area contributed by atoms with Crippen LogP contribution >= 0.6 is 0 Å². The number of benzene rings is 2. The van der Waals surface area contributed by atoms with E-state index < -0.39 is 0 Å². The van der Waals surface area contributed by atoms with E-state index in [0.717, 1.165) is 19.6 Å². The van der Waals surface area contributed by atoms with Crippen LogP contribution in [0.4, 0.5) is 0 Å². The fourth-order valence-electron chi connectivity index (χ4n) is 3.18. The molecule has 2 atom stereocenters. The summed E-state index contributed by atoms with van der Waals surface area (Å²) < 4.78 is 0. The molecule has 2 nitrogen and oxygen atoms in total. The second-order valence-electron chi connectivity index (χ2n) is 5.85. The number of hydrogen-bond acceptors (Lipinski definition) is 2. The van der Waals surface area contributed by atoms with Gasteiger partial charge in [0, 0.05) is 31.7 Å². The van der Waals surface area contributed by atoms with Gasteiger partial charge in [-0.15, -0.1) is 0 Å². The van der Waals surface area contributed by atoms with Gasteiger partial charge >= 0.3 is 0 Å². The summed E-state index contributed by atoms with van der Waals surface area (Å²) in [6, 6.07) is 22.7. The van der Waals surface area contributed by atoms with Crippen LogP contribution in [0, 0.1) is 0 Å². The van der Waals surface area contributed by atoms with E-state index in [1.165, 1.54) is 17.5 Å². The SMILES string of the molecule is CCC1CNC(c2ccccc2)CN1Cc1ccccc1. The van der Waals surface area contributed by atoms with E-state index in [4.69, 9.17) is 0 Å². The van der Waals surface area contributed by atoms with Crippen LogP contribution in [0.2, 0.25) is 0 Å². The fourth-order valence-corrected chi connectivity index (χ4v) is 3.18. The average Bonchev–Trinajstić information content (AvgIpc) is 2.56. The molecule has 110 valence electrons. The van der Waals surface area contributed by atoms with Crippen LogP contribution in [0.25, 0.3) is 0 Å². The maximum absolute atomic E-state index is 3.71. The number of nitrogens with one attached hydrogen (secondary N) is 1. The van der Waals surface area contributed by atoms with Crippen molar-refractivity contribution in [2.45, 2.75) is 32.0 Å². The molecule has 1 aliphatic heterocycles. The van der Waals surface area contributed by atoms with Gasteiger partial charge in [-0.05, 0) is 17.5 Å². The Morgan fingerprint density at radius 3 is 2.33 bits per heavy atom. The Labute approximate surface area is 127 Å². The van der Waals surface area contributed by atoms with Crippen LogP contribution in [0.1, 0.15) is 30.5 Å². The van der Waals surface area contributed by atoms with Gasteiger partial charge < -0.3 is 5.32 Å². The lowest BCUT2D eigenvalue weighted by atomic mass is 10.00. The van der Waals surface area contributed by atoms with E-state index in [-0.39, 0.29) is 0 Å². The van der Waals surface area contributed by atoms with E-state index in [0.29, 0.717) is 12.1 Å². The Bertz CT molecular complexity index is 538. The summed E-state index contributed by atoms with van der Waals surface area (Å²) in [5, 5.41) is 3.71. The molecule has 21 heavy (non-hydrogen) atoms. The minimum Gasteiger partial charge on any atom is -0.307 e. The first kappa shape index (κ1) is 14.3. The first-order valence-electron chi connectivity index (χ1n) is 7.93.